The second-order valence-electron chi connectivity index (χ2n) is 10.7. The van der Waals surface area contributed by atoms with E-state index in [0.29, 0.717) is 36.3 Å². The minimum Gasteiger partial charge on any atom is -0.497 e. The highest BCUT2D eigenvalue weighted by Gasteiger charge is 2.24. The molecule has 0 fully saturated rings. The molecule has 0 bridgehead atoms. The Morgan fingerprint density at radius 3 is 2.30 bits per heavy atom. The Bertz CT molecular complexity index is 1360. The van der Waals surface area contributed by atoms with Crippen LogP contribution in [0, 0.1) is 12.7 Å². The van der Waals surface area contributed by atoms with E-state index in [1.54, 1.807) is 36.3 Å². The van der Waals surface area contributed by atoms with Gasteiger partial charge in [-0.3, -0.25) is 9.59 Å². The Morgan fingerprint density at radius 1 is 0.930 bits per heavy atom. The number of nitrogens with one attached hydrogen (secondary N) is 2. The van der Waals surface area contributed by atoms with Gasteiger partial charge in [0.2, 0.25) is 0 Å². The lowest BCUT2D eigenvalue weighted by molar-refractivity contribution is 0.0755. The summed E-state index contributed by atoms with van der Waals surface area (Å²) in [6.07, 6.45) is 0.840. The second-order valence-corrected chi connectivity index (χ2v) is 10.7. The first-order valence-corrected chi connectivity index (χ1v) is 14.7. The highest BCUT2D eigenvalue weighted by molar-refractivity contribution is 6.00. The van der Waals surface area contributed by atoms with Gasteiger partial charge in [0.25, 0.3) is 11.8 Å². The highest BCUT2D eigenvalue weighted by Crippen LogP contribution is 2.20. The molecule has 3 aromatic rings. The first kappa shape index (κ1) is 33.6. The molecule has 0 aliphatic rings. The predicted octanol–water partition coefficient (Wildman–Crippen LogP) is 4.91. The van der Waals surface area contributed by atoms with E-state index in [0.717, 1.165) is 29.7 Å². The minimum absolute atomic E-state index is 0.113. The van der Waals surface area contributed by atoms with E-state index >= 15 is 0 Å². The molecule has 3 aromatic carbocycles. The standard InChI is InChI=1S/C34H44FN3O5/c1-6-13-38(14-7-2)34(41)27-16-23(3)15-26(20-27)33(40)37-30(19-24-11-12-32(43-5)29(35)18-24)31(39)22-36-21-25-9-8-10-28(17-25)42-4/h8-12,15-18,20,30-31,36,39H,6-7,13-14,19,21-22H2,1-5H3,(H,37,40)/t30-,31+/m0/s1. The lowest BCUT2D eigenvalue weighted by Crippen LogP contribution is -2.48. The average Bonchev–Trinajstić information content (AvgIpc) is 3.00. The number of aliphatic hydroxyl groups excluding tert-OH is 1. The van der Waals surface area contributed by atoms with Crippen molar-refractivity contribution in [2.45, 2.75) is 58.7 Å². The molecule has 0 heterocycles. The topological polar surface area (TPSA) is 100 Å². The number of methoxy groups -OCH3 is 2. The fourth-order valence-electron chi connectivity index (χ4n) is 4.99. The zero-order chi connectivity index (χ0) is 31.4. The molecule has 0 radical (unpaired) electrons. The molecular weight excluding hydrogens is 549 g/mol. The lowest BCUT2D eigenvalue weighted by atomic mass is 9.99. The molecule has 0 spiro atoms. The number of aryl methyl sites for hydroxylation is 1. The third kappa shape index (κ3) is 9.80. The smallest absolute Gasteiger partial charge is 0.253 e. The van der Waals surface area contributed by atoms with Gasteiger partial charge in [-0.25, -0.2) is 4.39 Å². The van der Waals surface area contributed by atoms with E-state index in [4.69, 9.17) is 9.47 Å². The Balaban J connectivity index is 1.81. The van der Waals surface area contributed by atoms with Crippen LogP contribution in [0.1, 0.15) is 64.1 Å². The number of halogens is 1. The third-order valence-electron chi connectivity index (χ3n) is 7.13. The number of carbonyl (C=O) groups excluding carboxylic acids is 2. The van der Waals surface area contributed by atoms with Crippen molar-refractivity contribution in [3.8, 4) is 11.5 Å². The van der Waals surface area contributed by atoms with Gasteiger partial charge in [0.05, 0.1) is 26.4 Å². The molecule has 2 atom stereocenters. The molecule has 0 saturated heterocycles. The summed E-state index contributed by atoms with van der Waals surface area (Å²) in [5.41, 5.74) is 3.10. The second kappa shape index (κ2) is 16.6. The maximum absolute atomic E-state index is 14.5. The van der Waals surface area contributed by atoms with E-state index in [1.807, 2.05) is 45.0 Å². The van der Waals surface area contributed by atoms with Gasteiger partial charge in [-0.15, -0.1) is 0 Å². The van der Waals surface area contributed by atoms with E-state index < -0.39 is 23.9 Å². The molecule has 0 unspecified atom stereocenters. The molecule has 43 heavy (non-hydrogen) atoms. The molecule has 0 aliphatic carbocycles. The first-order chi connectivity index (χ1) is 20.7. The van der Waals surface area contributed by atoms with Crippen LogP contribution in [0.25, 0.3) is 0 Å². The Kier molecular flexibility index (Phi) is 13.0. The molecule has 0 aliphatic heterocycles. The van der Waals surface area contributed by atoms with Crippen LogP contribution >= 0.6 is 0 Å². The van der Waals surface area contributed by atoms with Gasteiger partial charge in [0.1, 0.15) is 5.75 Å². The number of nitrogens with zero attached hydrogens (tertiary/aromatic N) is 1. The highest BCUT2D eigenvalue weighted by atomic mass is 19.1. The van der Waals surface area contributed by atoms with Crippen LogP contribution in [-0.2, 0) is 13.0 Å². The number of aliphatic hydroxyl groups is 1. The fourth-order valence-corrected chi connectivity index (χ4v) is 4.99. The summed E-state index contributed by atoms with van der Waals surface area (Å²) in [6.45, 7) is 7.80. The molecule has 3 N–H and O–H groups in total. The van der Waals surface area contributed by atoms with Crippen molar-refractivity contribution in [2.75, 3.05) is 33.9 Å². The lowest BCUT2D eigenvalue weighted by Gasteiger charge is -2.25. The van der Waals surface area contributed by atoms with Gasteiger partial charge in [-0.2, -0.15) is 0 Å². The van der Waals surface area contributed by atoms with Crippen LogP contribution < -0.4 is 20.1 Å². The zero-order valence-electron chi connectivity index (χ0n) is 25.8. The minimum atomic E-state index is -1.00. The van der Waals surface area contributed by atoms with Crippen molar-refractivity contribution < 1.29 is 28.6 Å². The zero-order valence-corrected chi connectivity index (χ0v) is 25.8. The van der Waals surface area contributed by atoms with Crippen molar-refractivity contribution in [3.05, 3.63) is 94.3 Å². The SMILES string of the molecule is CCCN(CCC)C(=O)c1cc(C)cc(C(=O)N[C@@H](Cc2ccc(OC)c(F)c2)[C@H](O)CNCc2cccc(OC)c2)c1. The number of rotatable bonds is 16. The molecule has 0 saturated carbocycles. The third-order valence-corrected chi connectivity index (χ3v) is 7.13. The largest absolute Gasteiger partial charge is 0.497 e. The summed E-state index contributed by atoms with van der Waals surface area (Å²) >= 11 is 0. The molecule has 3 rings (SSSR count). The number of carbonyl (C=O) groups is 2. The van der Waals surface area contributed by atoms with Crippen LogP contribution in [0.15, 0.2) is 60.7 Å². The molecule has 0 aromatic heterocycles. The maximum Gasteiger partial charge on any atom is 0.253 e. The van der Waals surface area contributed by atoms with Gasteiger partial charge in [-0.1, -0.05) is 32.0 Å². The maximum atomic E-state index is 14.5. The van der Waals surface area contributed by atoms with Crippen molar-refractivity contribution in [2.24, 2.45) is 0 Å². The molecular formula is C34H44FN3O5. The van der Waals surface area contributed by atoms with Crippen molar-refractivity contribution in [1.29, 1.82) is 0 Å². The summed E-state index contributed by atoms with van der Waals surface area (Å²) in [7, 11) is 2.99. The predicted molar refractivity (Wildman–Crippen MR) is 166 cm³/mol. The molecule has 9 heteroatoms. The van der Waals surface area contributed by atoms with Gasteiger partial charge >= 0.3 is 0 Å². The summed E-state index contributed by atoms with van der Waals surface area (Å²) in [5, 5.41) is 17.4. The van der Waals surface area contributed by atoms with E-state index in [1.165, 1.54) is 19.2 Å². The number of ether oxygens (including phenoxy) is 2. The normalized spacial score (nSPS) is 12.3. The Hall–Kier alpha value is -3.95. The van der Waals surface area contributed by atoms with E-state index in [2.05, 4.69) is 10.6 Å². The summed E-state index contributed by atoms with van der Waals surface area (Å²) < 4.78 is 24.8. The monoisotopic (exact) mass is 593 g/mol. The van der Waals surface area contributed by atoms with Gasteiger partial charge in [-0.05, 0) is 85.3 Å². The average molecular weight is 594 g/mol. The van der Waals surface area contributed by atoms with Crippen molar-refractivity contribution >= 4 is 11.8 Å². The Labute approximate surface area is 254 Å². The van der Waals surface area contributed by atoms with Crippen LogP contribution in [0.2, 0.25) is 0 Å². The van der Waals surface area contributed by atoms with Crippen molar-refractivity contribution in [1.82, 2.24) is 15.5 Å². The number of hydrogen-bond acceptors (Lipinski definition) is 6. The number of amides is 2. The molecule has 8 nitrogen and oxygen atoms in total. The summed E-state index contributed by atoms with van der Waals surface area (Å²) in [4.78, 5) is 28.6. The number of hydrogen-bond donors (Lipinski definition) is 3. The van der Waals surface area contributed by atoms with Crippen LogP contribution in [0.5, 0.6) is 11.5 Å². The number of benzene rings is 3. The van der Waals surface area contributed by atoms with Crippen LogP contribution in [-0.4, -0.2) is 67.8 Å². The fraction of sp³-hybridized carbons (Fsp3) is 0.412. The Morgan fingerprint density at radius 2 is 1.65 bits per heavy atom. The van der Waals surface area contributed by atoms with Gasteiger partial charge < -0.3 is 30.1 Å². The first-order valence-electron chi connectivity index (χ1n) is 14.7. The van der Waals surface area contributed by atoms with Crippen molar-refractivity contribution in [3.63, 3.8) is 0 Å². The van der Waals surface area contributed by atoms with E-state index in [9.17, 15) is 19.1 Å². The molecule has 232 valence electrons. The summed E-state index contributed by atoms with van der Waals surface area (Å²) in [6, 6.07) is 16.5. The van der Waals surface area contributed by atoms with Crippen LogP contribution in [0.3, 0.4) is 0 Å². The quantitative estimate of drug-likeness (QED) is 0.218. The molecule has 2 amide bonds. The van der Waals surface area contributed by atoms with E-state index in [-0.39, 0.29) is 24.6 Å². The van der Waals surface area contributed by atoms with Gasteiger partial charge in [0.15, 0.2) is 11.6 Å². The van der Waals surface area contributed by atoms with Crippen LogP contribution in [0.4, 0.5) is 4.39 Å². The summed E-state index contributed by atoms with van der Waals surface area (Å²) in [5.74, 6) is -0.229. The van der Waals surface area contributed by atoms with Gasteiger partial charge in [0, 0.05) is 37.3 Å².